The Morgan fingerprint density at radius 2 is 2.00 bits per heavy atom. The van der Waals surface area contributed by atoms with E-state index in [0.29, 0.717) is 0 Å². The molecule has 4 rings (SSSR count). The SMILES string of the molecule is c1cc(Nc2cc(N3CCCC3)ncn2)c2nsnc2c1. The molecule has 6 nitrogen and oxygen atoms in total. The monoisotopic (exact) mass is 298 g/mol. The summed E-state index contributed by atoms with van der Waals surface area (Å²) in [7, 11) is 0. The normalized spacial score (nSPS) is 14.8. The third kappa shape index (κ3) is 2.40. The summed E-state index contributed by atoms with van der Waals surface area (Å²) < 4.78 is 8.58. The van der Waals surface area contributed by atoms with Gasteiger partial charge in [-0.05, 0) is 25.0 Å². The molecule has 106 valence electrons. The van der Waals surface area contributed by atoms with E-state index in [2.05, 4.69) is 28.9 Å². The van der Waals surface area contributed by atoms with Crippen molar-refractivity contribution in [2.75, 3.05) is 23.3 Å². The second kappa shape index (κ2) is 5.25. The molecule has 0 spiro atoms. The summed E-state index contributed by atoms with van der Waals surface area (Å²) >= 11 is 1.22. The van der Waals surface area contributed by atoms with Crippen LogP contribution >= 0.6 is 11.7 Å². The summed E-state index contributed by atoms with van der Waals surface area (Å²) in [6.45, 7) is 2.14. The van der Waals surface area contributed by atoms with Gasteiger partial charge in [-0.3, -0.25) is 0 Å². The van der Waals surface area contributed by atoms with Crippen molar-refractivity contribution in [3.63, 3.8) is 0 Å². The van der Waals surface area contributed by atoms with E-state index in [0.717, 1.165) is 41.4 Å². The molecule has 2 aromatic heterocycles. The first-order chi connectivity index (χ1) is 10.4. The second-order valence-corrected chi connectivity index (χ2v) is 5.55. The zero-order chi connectivity index (χ0) is 14.1. The molecule has 1 N–H and O–H groups in total. The van der Waals surface area contributed by atoms with Crippen LogP contribution in [0.1, 0.15) is 12.8 Å². The van der Waals surface area contributed by atoms with Gasteiger partial charge in [0.25, 0.3) is 0 Å². The second-order valence-electron chi connectivity index (χ2n) is 5.02. The molecule has 3 aromatic rings. The van der Waals surface area contributed by atoms with E-state index < -0.39 is 0 Å². The smallest absolute Gasteiger partial charge is 0.135 e. The van der Waals surface area contributed by atoms with Crippen LogP contribution in [0.15, 0.2) is 30.6 Å². The van der Waals surface area contributed by atoms with Crippen LogP contribution in [-0.2, 0) is 0 Å². The van der Waals surface area contributed by atoms with E-state index in [1.54, 1.807) is 6.33 Å². The van der Waals surface area contributed by atoms with Crippen molar-refractivity contribution in [3.8, 4) is 0 Å². The highest BCUT2D eigenvalue weighted by molar-refractivity contribution is 7.00. The standard InChI is InChI=1S/C14H14N6S/c1-2-7-20(6-1)13-8-12(15-9-16-13)17-10-4-3-5-11-14(10)19-21-18-11/h3-5,8-9H,1-2,6-7H2,(H,15,16,17). The summed E-state index contributed by atoms with van der Waals surface area (Å²) in [5, 5.41) is 3.32. The minimum Gasteiger partial charge on any atom is -0.356 e. The van der Waals surface area contributed by atoms with Crippen molar-refractivity contribution in [2.45, 2.75) is 12.8 Å². The number of hydrogen-bond donors (Lipinski definition) is 1. The van der Waals surface area contributed by atoms with Gasteiger partial charge in [0.15, 0.2) is 0 Å². The Balaban J connectivity index is 1.65. The van der Waals surface area contributed by atoms with E-state index in [-0.39, 0.29) is 0 Å². The van der Waals surface area contributed by atoms with Gasteiger partial charge in [-0.1, -0.05) is 6.07 Å². The molecule has 3 heterocycles. The Morgan fingerprint density at radius 3 is 2.90 bits per heavy atom. The number of nitrogens with one attached hydrogen (secondary N) is 1. The molecule has 7 heteroatoms. The summed E-state index contributed by atoms with van der Waals surface area (Å²) in [5.74, 6) is 1.76. The summed E-state index contributed by atoms with van der Waals surface area (Å²) in [6.07, 6.45) is 4.07. The van der Waals surface area contributed by atoms with E-state index in [9.17, 15) is 0 Å². The zero-order valence-corrected chi connectivity index (χ0v) is 12.2. The van der Waals surface area contributed by atoms with Crippen molar-refractivity contribution in [3.05, 3.63) is 30.6 Å². The van der Waals surface area contributed by atoms with E-state index in [1.165, 1.54) is 24.6 Å². The number of benzene rings is 1. The molecule has 0 bridgehead atoms. The predicted molar refractivity (Wildman–Crippen MR) is 84.2 cm³/mol. The van der Waals surface area contributed by atoms with Crippen molar-refractivity contribution in [1.82, 2.24) is 18.7 Å². The molecule has 1 fully saturated rings. The quantitative estimate of drug-likeness (QED) is 0.802. The van der Waals surface area contributed by atoms with Crippen LogP contribution in [0, 0.1) is 0 Å². The van der Waals surface area contributed by atoms with Gasteiger partial charge >= 0.3 is 0 Å². The highest BCUT2D eigenvalue weighted by atomic mass is 32.1. The van der Waals surface area contributed by atoms with Gasteiger partial charge in [0, 0.05) is 19.2 Å². The van der Waals surface area contributed by atoms with Crippen molar-refractivity contribution in [2.24, 2.45) is 0 Å². The lowest BCUT2D eigenvalue weighted by Gasteiger charge is -2.16. The first kappa shape index (κ1) is 12.5. The van der Waals surface area contributed by atoms with Crippen LogP contribution in [0.2, 0.25) is 0 Å². The van der Waals surface area contributed by atoms with Crippen LogP contribution in [0.4, 0.5) is 17.3 Å². The third-order valence-electron chi connectivity index (χ3n) is 3.63. The minimum atomic E-state index is 0.785. The summed E-state index contributed by atoms with van der Waals surface area (Å²) in [6, 6.07) is 7.90. The fraction of sp³-hybridized carbons (Fsp3) is 0.286. The molecule has 0 radical (unpaired) electrons. The number of hydrogen-bond acceptors (Lipinski definition) is 7. The molecule has 1 saturated heterocycles. The number of fused-ring (bicyclic) bond motifs is 1. The van der Waals surface area contributed by atoms with Crippen molar-refractivity contribution < 1.29 is 0 Å². The Labute approximate surface area is 126 Å². The van der Waals surface area contributed by atoms with E-state index >= 15 is 0 Å². The third-order valence-corrected chi connectivity index (χ3v) is 4.17. The first-order valence-corrected chi connectivity index (χ1v) is 7.68. The largest absolute Gasteiger partial charge is 0.356 e. The molecule has 1 aliphatic heterocycles. The molecular weight excluding hydrogens is 284 g/mol. The van der Waals surface area contributed by atoms with Crippen LogP contribution in [-0.4, -0.2) is 31.8 Å². The number of aromatic nitrogens is 4. The topological polar surface area (TPSA) is 66.8 Å². The minimum absolute atomic E-state index is 0.785. The zero-order valence-electron chi connectivity index (χ0n) is 11.4. The molecule has 1 aromatic carbocycles. The van der Waals surface area contributed by atoms with Gasteiger partial charge in [0.2, 0.25) is 0 Å². The number of anilines is 3. The van der Waals surface area contributed by atoms with E-state index in [4.69, 9.17) is 0 Å². The lowest BCUT2D eigenvalue weighted by atomic mass is 10.2. The van der Waals surface area contributed by atoms with Gasteiger partial charge in [-0.2, -0.15) is 8.75 Å². The van der Waals surface area contributed by atoms with Crippen molar-refractivity contribution in [1.29, 1.82) is 0 Å². The van der Waals surface area contributed by atoms with Gasteiger partial charge in [0.05, 0.1) is 17.4 Å². The van der Waals surface area contributed by atoms with Gasteiger partial charge in [-0.15, -0.1) is 0 Å². The lowest BCUT2D eigenvalue weighted by molar-refractivity contribution is 0.928. The highest BCUT2D eigenvalue weighted by Crippen LogP contribution is 2.26. The molecule has 0 atom stereocenters. The van der Waals surface area contributed by atoms with Gasteiger partial charge in [-0.25, -0.2) is 9.97 Å². The van der Waals surface area contributed by atoms with Crippen LogP contribution in [0.3, 0.4) is 0 Å². The van der Waals surface area contributed by atoms with Crippen LogP contribution < -0.4 is 10.2 Å². The lowest BCUT2D eigenvalue weighted by Crippen LogP contribution is -2.19. The molecule has 21 heavy (non-hydrogen) atoms. The first-order valence-electron chi connectivity index (χ1n) is 6.95. The van der Waals surface area contributed by atoms with Gasteiger partial charge < -0.3 is 10.2 Å². The molecule has 1 aliphatic rings. The molecule has 0 unspecified atom stereocenters. The maximum Gasteiger partial charge on any atom is 0.135 e. The molecule has 0 amide bonds. The highest BCUT2D eigenvalue weighted by Gasteiger charge is 2.14. The van der Waals surface area contributed by atoms with Crippen molar-refractivity contribution >= 4 is 40.1 Å². The van der Waals surface area contributed by atoms with E-state index in [1.807, 2.05) is 24.3 Å². The fourth-order valence-electron chi connectivity index (χ4n) is 2.58. The maximum atomic E-state index is 4.36. The number of rotatable bonds is 3. The Kier molecular flexibility index (Phi) is 3.11. The Morgan fingerprint density at radius 1 is 1.10 bits per heavy atom. The molecule has 0 saturated carbocycles. The van der Waals surface area contributed by atoms with Crippen LogP contribution in [0.25, 0.3) is 11.0 Å². The average molecular weight is 298 g/mol. The Hall–Kier alpha value is -2.28. The van der Waals surface area contributed by atoms with Crippen LogP contribution in [0.5, 0.6) is 0 Å². The summed E-state index contributed by atoms with van der Waals surface area (Å²) in [4.78, 5) is 11.0. The molecule has 0 aliphatic carbocycles. The van der Waals surface area contributed by atoms with Gasteiger partial charge in [0.1, 0.15) is 29.0 Å². The predicted octanol–water partition coefficient (Wildman–Crippen LogP) is 2.83. The fourth-order valence-corrected chi connectivity index (χ4v) is 3.13. The summed E-state index contributed by atoms with van der Waals surface area (Å²) in [5.41, 5.74) is 2.70. The Bertz CT molecular complexity index is 765. The average Bonchev–Trinajstić information content (AvgIpc) is 3.20. The molecular formula is C14H14N6S. The maximum absolute atomic E-state index is 4.36. The number of nitrogens with zero attached hydrogens (tertiary/aromatic N) is 5.